The third kappa shape index (κ3) is 2.38. The molecule has 0 amide bonds. The molecule has 0 radical (unpaired) electrons. The van der Waals surface area contributed by atoms with Crippen LogP contribution in [0.1, 0.15) is 5.69 Å². The van der Waals surface area contributed by atoms with E-state index >= 15 is 0 Å². The molecule has 2 rings (SSSR count). The average molecular weight is 245 g/mol. The van der Waals surface area contributed by atoms with Crippen molar-refractivity contribution in [2.45, 2.75) is 6.18 Å². The fourth-order valence-corrected chi connectivity index (χ4v) is 1.35. The summed E-state index contributed by atoms with van der Waals surface area (Å²) in [7, 11) is 0. The maximum atomic E-state index is 13.0. The van der Waals surface area contributed by atoms with Crippen LogP contribution in [-0.4, -0.2) is 9.78 Å². The van der Waals surface area contributed by atoms with E-state index in [-0.39, 0.29) is 11.4 Å². The topological polar surface area (TPSA) is 43.8 Å². The number of alkyl halides is 3. The van der Waals surface area contributed by atoms with Gasteiger partial charge in [-0.2, -0.15) is 18.3 Å². The number of hydrogen-bond acceptors (Lipinski definition) is 2. The van der Waals surface area contributed by atoms with E-state index in [9.17, 15) is 17.6 Å². The molecule has 2 aromatic rings. The first-order valence-corrected chi connectivity index (χ1v) is 4.55. The number of nitrogens with zero attached hydrogens (tertiary/aromatic N) is 2. The van der Waals surface area contributed by atoms with Gasteiger partial charge in [0.1, 0.15) is 5.82 Å². The molecule has 0 aliphatic heterocycles. The zero-order valence-corrected chi connectivity index (χ0v) is 8.37. The normalized spacial score (nSPS) is 11.8. The van der Waals surface area contributed by atoms with Gasteiger partial charge >= 0.3 is 6.18 Å². The second-order valence-corrected chi connectivity index (χ2v) is 3.39. The molecule has 1 heterocycles. The van der Waals surface area contributed by atoms with Gasteiger partial charge in [0.2, 0.25) is 0 Å². The van der Waals surface area contributed by atoms with Gasteiger partial charge in [-0.15, -0.1) is 0 Å². The van der Waals surface area contributed by atoms with Crippen molar-refractivity contribution in [3.8, 4) is 5.69 Å². The summed E-state index contributed by atoms with van der Waals surface area (Å²) >= 11 is 0. The molecule has 0 bridgehead atoms. The maximum Gasteiger partial charge on any atom is 0.435 e. The molecule has 0 aliphatic carbocycles. The van der Waals surface area contributed by atoms with Crippen molar-refractivity contribution in [3.63, 3.8) is 0 Å². The van der Waals surface area contributed by atoms with Gasteiger partial charge in [-0.25, -0.2) is 9.07 Å². The zero-order valence-electron chi connectivity index (χ0n) is 8.37. The number of anilines is 1. The van der Waals surface area contributed by atoms with E-state index in [2.05, 4.69) is 5.10 Å². The molecule has 1 aromatic heterocycles. The summed E-state index contributed by atoms with van der Waals surface area (Å²) in [5.41, 5.74) is 4.60. The van der Waals surface area contributed by atoms with E-state index < -0.39 is 17.7 Å². The number of rotatable bonds is 1. The Morgan fingerprint density at radius 2 is 1.88 bits per heavy atom. The Labute approximate surface area is 93.5 Å². The fraction of sp³-hybridized carbons (Fsp3) is 0.100. The maximum absolute atomic E-state index is 13.0. The Balaban J connectivity index is 2.44. The van der Waals surface area contributed by atoms with Crippen molar-refractivity contribution >= 4 is 5.69 Å². The summed E-state index contributed by atoms with van der Waals surface area (Å²) in [5.74, 6) is -0.635. The molecule has 0 aliphatic rings. The largest absolute Gasteiger partial charge is 0.435 e. The predicted octanol–water partition coefficient (Wildman–Crippen LogP) is 2.61. The highest BCUT2D eigenvalue weighted by molar-refractivity contribution is 5.47. The molecule has 0 saturated heterocycles. The van der Waals surface area contributed by atoms with Crippen LogP contribution in [0.3, 0.4) is 0 Å². The average Bonchev–Trinajstić information content (AvgIpc) is 2.63. The van der Waals surface area contributed by atoms with Crippen molar-refractivity contribution in [2.24, 2.45) is 0 Å². The summed E-state index contributed by atoms with van der Waals surface area (Å²) < 4.78 is 50.8. The van der Waals surface area contributed by atoms with Gasteiger partial charge in [0.05, 0.1) is 5.69 Å². The lowest BCUT2D eigenvalue weighted by atomic mass is 10.3. The minimum absolute atomic E-state index is 0.115. The van der Waals surface area contributed by atoms with Crippen LogP contribution in [0.15, 0.2) is 30.5 Å². The molecule has 7 heteroatoms. The zero-order chi connectivity index (χ0) is 12.6. The molecule has 0 saturated carbocycles. The van der Waals surface area contributed by atoms with E-state index in [0.717, 1.165) is 29.1 Å². The van der Waals surface area contributed by atoms with Crippen molar-refractivity contribution in [1.29, 1.82) is 0 Å². The Bertz CT molecular complexity index is 524. The quantitative estimate of drug-likeness (QED) is 0.620. The van der Waals surface area contributed by atoms with Gasteiger partial charge in [-0.05, 0) is 24.3 Å². The highest BCUT2D eigenvalue weighted by atomic mass is 19.4. The van der Waals surface area contributed by atoms with Gasteiger partial charge in [0.15, 0.2) is 5.69 Å². The first-order valence-electron chi connectivity index (χ1n) is 4.55. The van der Waals surface area contributed by atoms with Crippen molar-refractivity contribution in [2.75, 3.05) is 5.73 Å². The van der Waals surface area contributed by atoms with Crippen molar-refractivity contribution < 1.29 is 17.6 Å². The number of aromatic nitrogens is 2. The second kappa shape index (κ2) is 3.76. The molecular weight excluding hydrogens is 238 g/mol. The number of halogens is 4. The highest BCUT2D eigenvalue weighted by Gasteiger charge is 2.33. The summed E-state index contributed by atoms with van der Waals surface area (Å²) in [5, 5.41) is 3.30. The molecule has 1 aromatic carbocycles. The lowest BCUT2D eigenvalue weighted by Crippen LogP contribution is -2.07. The molecule has 2 N–H and O–H groups in total. The lowest BCUT2D eigenvalue weighted by molar-refractivity contribution is -0.141. The summed E-state index contributed by atoms with van der Waals surface area (Å²) in [4.78, 5) is 0. The van der Waals surface area contributed by atoms with E-state index in [0.29, 0.717) is 0 Å². The molecule has 3 nitrogen and oxygen atoms in total. The van der Waals surface area contributed by atoms with Crippen LogP contribution in [0.2, 0.25) is 0 Å². The van der Waals surface area contributed by atoms with Crippen LogP contribution < -0.4 is 5.73 Å². The summed E-state index contributed by atoms with van der Waals surface area (Å²) in [6.45, 7) is 0. The third-order valence-corrected chi connectivity index (χ3v) is 2.05. The molecule has 0 spiro atoms. The Kier molecular flexibility index (Phi) is 2.53. The summed E-state index contributed by atoms with van der Waals surface area (Å²) in [6, 6.07) is 4.25. The molecule has 17 heavy (non-hydrogen) atoms. The van der Waals surface area contributed by atoms with Crippen LogP contribution >= 0.6 is 0 Å². The first-order chi connectivity index (χ1) is 7.86. The lowest BCUT2D eigenvalue weighted by Gasteiger charge is -2.04. The van der Waals surface area contributed by atoms with E-state index in [1.54, 1.807) is 0 Å². The number of benzene rings is 1. The van der Waals surface area contributed by atoms with Crippen LogP contribution in [0.4, 0.5) is 23.2 Å². The van der Waals surface area contributed by atoms with Crippen LogP contribution in [0.5, 0.6) is 0 Å². The van der Waals surface area contributed by atoms with E-state index in [1.807, 2.05) is 0 Å². The molecule has 90 valence electrons. The van der Waals surface area contributed by atoms with E-state index in [4.69, 9.17) is 5.73 Å². The van der Waals surface area contributed by atoms with Gasteiger partial charge in [-0.1, -0.05) is 0 Å². The van der Waals surface area contributed by atoms with Crippen LogP contribution in [-0.2, 0) is 6.18 Å². The van der Waals surface area contributed by atoms with Gasteiger partial charge in [-0.3, -0.25) is 0 Å². The second-order valence-electron chi connectivity index (χ2n) is 3.39. The van der Waals surface area contributed by atoms with E-state index in [1.165, 1.54) is 6.07 Å². The molecule has 0 unspecified atom stereocenters. The number of nitrogens with two attached hydrogens (primary N) is 1. The molecule has 0 atom stereocenters. The monoisotopic (exact) mass is 245 g/mol. The van der Waals surface area contributed by atoms with Crippen LogP contribution in [0.25, 0.3) is 5.69 Å². The van der Waals surface area contributed by atoms with Crippen LogP contribution in [0, 0.1) is 5.82 Å². The third-order valence-electron chi connectivity index (χ3n) is 2.05. The van der Waals surface area contributed by atoms with Gasteiger partial charge in [0, 0.05) is 11.9 Å². The number of nitrogen functional groups attached to an aromatic ring is 1. The Hall–Kier alpha value is -2.05. The fourth-order valence-electron chi connectivity index (χ4n) is 1.35. The van der Waals surface area contributed by atoms with Gasteiger partial charge < -0.3 is 5.73 Å². The van der Waals surface area contributed by atoms with Crippen molar-refractivity contribution in [1.82, 2.24) is 9.78 Å². The standard InChI is InChI=1S/C10H7F4N3/c11-6-3-7(15)5-8(4-6)17-2-1-9(16-17)10(12,13)14/h1-5H,15H2. The minimum Gasteiger partial charge on any atom is -0.399 e. The first kappa shape index (κ1) is 11.4. The van der Waals surface area contributed by atoms with Gasteiger partial charge in [0.25, 0.3) is 0 Å². The minimum atomic E-state index is -4.52. The summed E-state index contributed by atoms with van der Waals surface area (Å²) in [6.07, 6.45) is -3.43. The predicted molar refractivity (Wildman–Crippen MR) is 52.9 cm³/mol. The Morgan fingerprint density at radius 3 is 2.41 bits per heavy atom. The molecule has 0 fully saturated rings. The smallest absolute Gasteiger partial charge is 0.399 e. The SMILES string of the molecule is Nc1cc(F)cc(-n2ccc(C(F)(F)F)n2)c1. The highest BCUT2D eigenvalue weighted by Crippen LogP contribution is 2.28. The molecular formula is C10H7F4N3. The Morgan fingerprint density at radius 1 is 1.18 bits per heavy atom. The number of hydrogen-bond donors (Lipinski definition) is 1. The van der Waals surface area contributed by atoms with Crippen molar-refractivity contribution in [3.05, 3.63) is 42.0 Å².